The predicted octanol–water partition coefficient (Wildman–Crippen LogP) is 3.13. The molecule has 96 valence electrons. The van der Waals surface area contributed by atoms with Crippen molar-refractivity contribution in [3.63, 3.8) is 0 Å². The van der Waals surface area contributed by atoms with E-state index in [9.17, 15) is 8.42 Å². The zero-order valence-corrected chi connectivity index (χ0v) is 12.9. The molecular weight excluding hydrogens is 320 g/mol. The summed E-state index contributed by atoms with van der Waals surface area (Å²) in [6, 6.07) is 4.23. The highest BCUT2D eigenvalue weighted by molar-refractivity contribution is 9.09. The minimum Gasteiger partial charge on any atom is -0.229 e. The smallest absolute Gasteiger partial charge is 0.150 e. The van der Waals surface area contributed by atoms with Crippen molar-refractivity contribution in [1.29, 1.82) is 0 Å². The second-order valence-electron chi connectivity index (χ2n) is 4.70. The molecule has 0 spiro atoms. The molecule has 17 heavy (non-hydrogen) atoms. The number of thiophene rings is 1. The minimum atomic E-state index is -2.74. The van der Waals surface area contributed by atoms with Crippen LogP contribution in [0.1, 0.15) is 17.7 Å². The number of hydrogen-bond acceptors (Lipinski definition) is 3. The Bertz CT molecular complexity index is 439. The van der Waals surface area contributed by atoms with Crippen LogP contribution < -0.4 is 0 Å². The van der Waals surface area contributed by atoms with Gasteiger partial charge in [-0.1, -0.05) is 22.0 Å². The third-order valence-electron chi connectivity index (χ3n) is 3.47. The van der Waals surface area contributed by atoms with Crippen LogP contribution in [0.2, 0.25) is 0 Å². The Morgan fingerprint density at radius 2 is 2.35 bits per heavy atom. The molecule has 2 atom stereocenters. The molecule has 2 nitrogen and oxygen atoms in total. The average Bonchev–Trinajstić information content (AvgIpc) is 2.89. The monoisotopic (exact) mass is 336 g/mol. The topological polar surface area (TPSA) is 34.1 Å². The van der Waals surface area contributed by atoms with Crippen LogP contribution in [0.25, 0.3) is 0 Å². The van der Waals surface area contributed by atoms with Gasteiger partial charge in [0.15, 0.2) is 9.84 Å². The minimum absolute atomic E-state index is 0.360. The fraction of sp³-hybridized carbons (Fsp3) is 0.667. The standard InChI is InChI=1S/C12H17BrO2S2/c13-8-10(3-4-12-2-1-6-16-12)11-5-7-17(14,15)9-11/h1-2,6,10-11H,3-5,7-9H2. The van der Waals surface area contributed by atoms with Crippen LogP contribution in [0.15, 0.2) is 17.5 Å². The van der Waals surface area contributed by atoms with Crippen molar-refractivity contribution >= 4 is 37.1 Å². The summed E-state index contributed by atoms with van der Waals surface area (Å²) in [5.74, 6) is 1.64. The summed E-state index contributed by atoms with van der Waals surface area (Å²) in [4.78, 5) is 1.40. The maximum absolute atomic E-state index is 11.5. The molecule has 0 radical (unpaired) electrons. The first-order valence-electron chi connectivity index (χ1n) is 5.89. The van der Waals surface area contributed by atoms with Crippen LogP contribution in [0, 0.1) is 11.8 Å². The number of hydrogen-bond donors (Lipinski definition) is 0. The molecule has 1 aliphatic heterocycles. The fourth-order valence-corrected chi connectivity index (χ4v) is 5.91. The Morgan fingerprint density at radius 1 is 1.53 bits per heavy atom. The SMILES string of the molecule is O=S1(=O)CCC(C(CBr)CCc2cccs2)C1. The van der Waals surface area contributed by atoms with E-state index in [0.29, 0.717) is 23.3 Å². The Hall–Kier alpha value is 0.130. The van der Waals surface area contributed by atoms with E-state index in [1.54, 1.807) is 11.3 Å². The summed E-state index contributed by atoms with van der Waals surface area (Å²) >= 11 is 5.32. The summed E-state index contributed by atoms with van der Waals surface area (Å²) in [7, 11) is -2.74. The Morgan fingerprint density at radius 3 is 2.88 bits per heavy atom. The lowest BCUT2D eigenvalue weighted by Crippen LogP contribution is -2.18. The first-order chi connectivity index (χ1) is 8.11. The zero-order valence-electron chi connectivity index (χ0n) is 9.64. The van der Waals surface area contributed by atoms with Gasteiger partial charge in [0.1, 0.15) is 0 Å². The van der Waals surface area contributed by atoms with Gasteiger partial charge in [-0.05, 0) is 42.5 Å². The predicted molar refractivity (Wildman–Crippen MR) is 76.7 cm³/mol. The lowest BCUT2D eigenvalue weighted by atomic mass is 9.89. The molecule has 1 fully saturated rings. The molecule has 2 heterocycles. The highest BCUT2D eigenvalue weighted by atomic mass is 79.9. The maximum Gasteiger partial charge on any atom is 0.150 e. The van der Waals surface area contributed by atoms with E-state index in [2.05, 4.69) is 33.4 Å². The van der Waals surface area contributed by atoms with Crippen molar-refractivity contribution in [1.82, 2.24) is 0 Å². The van der Waals surface area contributed by atoms with Crippen molar-refractivity contribution in [3.8, 4) is 0 Å². The zero-order chi connectivity index (χ0) is 12.3. The molecule has 0 aliphatic carbocycles. The third kappa shape index (κ3) is 3.80. The van der Waals surface area contributed by atoms with Crippen molar-refractivity contribution in [2.24, 2.45) is 11.8 Å². The summed E-state index contributed by atoms with van der Waals surface area (Å²) in [5, 5.41) is 3.01. The normalized spacial score (nSPS) is 24.9. The molecule has 1 saturated heterocycles. The summed E-state index contributed by atoms with van der Waals surface area (Å²) in [6.07, 6.45) is 3.01. The number of sulfone groups is 1. The molecule has 5 heteroatoms. The molecule has 0 bridgehead atoms. The molecule has 1 aromatic heterocycles. The van der Waals surface area contributed by atoms with Crippen LogP contribution in [-0.4, -0.2) is 25.3 Å². The van der Waals surface area contributed by atoms with Crippen LogP contribution in [0.5, 0.6) is 0 Å². The van der Waals surface area contributed by atoms with Crippen molar-refractivity contribution in [3.05, 3.63) is 22.4 Å². The van der Waals surface area contributed by atoms with Gasteiger partial charge in [0, 0.05) is 10.2 Å². The lowest BCUT2D eigenvalue weighted by Gasteiger charge is -2.19. The molecular formula is C12H17BrO2S2. The molecule has 0 saturated carbocycles. The van der Waals surface area contributed by atoms with E-state index in [-0.39, 0.29) is 0 Å². The molecule has 0 N–H and O–H groups in total. The van der Waals surface area contributed by atoms with Crippen LogP contribution in [-0.2, 0) is 16.3 Å². The van der Waals surface area contributed by atoms with Gasteiger partial charge in [-0.2, -0.15) is 0 Å². The summed E-state index contributed by atoms with van der Waals surface area (Å²) < 4.78 is 23.0. The Labute approximate surface area is 115 Å². The molecule has 2 unspecified atom stereocenters. The van der Waals surface area contributed by atoms with E-state index in [4.69, 9.17) is 0 Å². The highest BCUT2D eigenvalue weighted by Crippen LogP contribution is 2.30. The second-order valence-corrected chi connectivity index (χ2v) is 8.60. The van der Waals surface area contributed by atoms with Crippen molar-refractivity contribution in [2.75, 3.05) is 16.8 Å². The molecule has 1 aliphatic rings. The van der Waals surface area contributed by atoms with Gasteiger partial charge in [-0.25, -0.2) is 8.42 Å². The maximum atomic E-state index is 11.5. The van der Waals surface area contributed by atoms with E-state index in [0.717, 1.165) is 24.6 Å². The number of rotatable bonds is 5. The molecule has 0 aromatic carbocycles. The lowest BCUT2D eigenvalue weighted by molar-refractivity contribution is 0.381. The summed E-state index contributed by atoms with van der Waals surface area (Å²) in [5.41, 5.74) is 0. The molecule has 2 rings (SSSR count). The first kappa shape index (κ1) is 13.6. The average molecular weight is 337 g/mol. The van der Waals surface area contributed by atoms with E-state index in [1.165, 1.54) is 4.88 Å². The van der Waals surface area contributed by atoms with Crippen LogP contribution in [0.4, 0.5) is 0 Å². The summed E-state index contributed by atoms with van der Waals surface area (Å²) in [6.45, 7) is 0. The largest absolute Gasteiger partial charge is 0.229 e. The van der Waals surface area contributed by atoms with Gasteiger partial charge in [-0.15, -0.1) is 11.3 Å². The number of aryl methyl sites for hydroxylation is 1. The molecule has 0 amide bonds. The Kier molecular flexibility index (Phi) is 4.66. The van der Waals surface area contributed by atoms with Crippen molar-refractivity contribution < 1.29 is 8.42 Å². The Balaban J connectivity index is 1.89. The van der Waals surface area contributed by atoms with Gasteiger partial charge in [0.2, 0.25) is 0 Å². The highest BCUT2D eigenvalue weighted by Gasteiger charge is 2.32. The first-order valence-corrected chi connectivity index (χ1v) is 9.72. The van der Waals surface area contributed by atoms with E-state index < -0.39 is 9.84 Å². The van der Waals surface area contributed by atoms with Gasteiger partial charge in [0.05, 0.1) is 11.5 Å². The number of halogens is 1. The quantitative estimate of drug-likeness (QED) is 0.774. The van der Waals surface area contributed by atoms with Crippen LogP contribution >= 0.6 is 27.3 Å². The van der Waals surface area contributed by atoms with Crippen molar-refractivity contribution in [2.45, 2.75) is 19.3 Å². The van der Waals surface area contributed by atoms with E-state index in [1.807, 2.05) is 0 Å². The van der Waals surface area contributed by atoms with Gasteiger partial charge in [-0.3, -0.25) is 0 Å². The van der Waals surface area contributed by atoms with E-state index >= 15 is 0 Å². The number of alkyl halides is 1. The fourth-order valence-electron chi connectivity index (χ4n) is 2.42. The van der Waals surface area contributed by atoms with Gasteiger partial charge >= 0.3 is 0 Å². The second kappa shape index (κ2) is 5.85. The van der Waals surface area contributed by atoms with Gasteiger partial charge in [0.25, 0.3) is 0 Å². The molecule has 1 aromatic rings. The third-order valence-corrected chi connectivity index (χ3v) is 7.04. The van der Waals surface area contributed by atoms with Crippen LogP contribution in [0.3, 0.4) is 0 Å². The van der Waals surface area contributed by atoms with Gasteiger partial charge < -0.3 is 0 Å².